The molecule has 0 atom stereocenters. The van der Waals surface area contributed by atoms with Gasteiger partial charge < -0.3 is 0 Å². The molecule has 0 radical (unpaired) electrons. The highest BCUT2D eigenvalue weighted by atomic mass is 32.1. The fourth-order valence-electron chi connectivity index (χ4n) is 2.79. The summed E-state index contributed by atoms with van der Waals surface area (Å²) in [6.07, 6.45) is 0.855. The Hall–Kier alpha value is -2.45. The van der Waals surface area contributed by atoms with E-state index in [1.807, 2.05) is 48.5 Å². The van der Waals surface area contributed by atoms with Crippen molar-refractivity contribution in [1.82, 2.24) is 0 Å². The molecule has 0 unspecified atom stereocenters. The smallest absolute Gasteiger partial charge is 0.195 e. The highest BCUT2D eigenvalue weighted by Gasteiger charge is 2.06. The first-order valence-electron chi connectivity index (χ1n) is 7.30. The quantitative estimate of drug-likeness (QED) is 0.476. The summed E-state index contributed by atoms with van der Waals surface area (Å²) in [7, 11) is 0. The van der Waals surface area contributed by atoms with Crippen molar-refractivity contribution in [3.8, 4) is 0 Å². The molecule has 0 aliphatic rings. The first-order chi connectivity index (χ1) is 10.8. The van der Waals surface area contributed by atoms with Crippen molar-refractivity contribution in [3.05, 3.63) is 94.1 Å². The van der Waals surface area contributed by atoms with E-state index in [4.69, 9.17) is 0 Å². The van der Waals surface area contributed by atoms with Crippen LogP contribution in [0.3, 0.4) is 0 Å². The molecule has 1 nitrogen and oxygen atoms in total. The maximum Gasteiger partial charge on any atom is 0.195 e. The zero-order chi connectivity index (χ0) is 14.9. The minimum absolute atomic E-state index is 0.138. The SMILES string of the molecule is O=c1c2ccccc2sc2ccc(Cc3ccccc3)cc12. The lowest BCUT2D eigenvalue weighted by Crippen LogP contribution is -2.01. The van der Waals surface area contributed by atoms with Crippen LogP contribution in [0.25, 0.3) is 20.2 Å². The second-order valence-electron chi connectivity index (χ2n) is 5.42. The number of hydrogen-bond acceptors (Lipinski definition) is 2. The van der Waals surface area contributed by atoms with E-state index >= 15 is 0 Å². The standard InChI is InChI=1S/C20H14OS/c21-20-16-8-4-5-9-18(16)22-19-11-10-15(13-17(19)20)12-14-6-2-1-3-7-14/h1-11,13H,12H2. The summed E-state index contributed by atoms with van der Waals surface area (Å²) in [4.78, 5) is 12.7. The van der Waals surface area contributed by atoms with Crippen LogP contribution in [0.2, 0.25) is 0 Å². The second-order valence-corrected chi connectivity index (χ2v) is 6.50. The number of benzene rings is 3. The molecule has 0 spiro atoms. The lowest BCUT2D eigenvalue weighted by molar-refractivity contribution is 1.20. The first kappa shape index (κ1) is 13.2. The van der Waals surface area contributed by atoms with Crippen molar-refractivity contribution < 1.29 is 0 Å². The lowest BCUT2D eigenvalue weighted by atomic mass is 10.0. The third-order valence-electron chi connectivity index (χ3n) is 3.89. The average molecular weight is 302 g/mol. The van der Waals surface area contributed by atoms with Gasteiger partial charge in [-0.15, -0.1) is 11.3 Å². The molecule has 0 bridgehead atoms. The number of hydrogen-bond donors (Lipinski definition) is 0. The van der Waals surface area contributed by atoms with Gasteiger partial charge in [0.25, 0.3) is 0 Å². The Kier molecular flexibility index (Phi) is 3.24. The molecule has 0 aliphatic heterocycles. The van der Waals surface area contributed by atoms with Gasteiger partial charge in [-0.1, -0.05) is 48.5 Å². The molecule has 4 aromatic rings. The molecule has 0 amide bonds. The zero-order valence-electron chi connectivity index (χ0n) is 12.0. The van der Waals surface area contributed by atoms with E-state index in [-0.39, 0.29) is 5.43 Å². The van der Waals surface area contributed by atoms with E-state index in [0.717, 1.165) is 26.6 Å². The van der Waals surface area contributed by atoms with E-state index in [1.54, 1.807) is 11.3 Å². The van der Waals surface area contributed by atoms with Crippen LogP contribution in [0.1, 0.15) is 11.1 Å². The van der Waals surface area contributed by atoms with E-state index in [2.05, 4.69) is 24.3 Å². The van der Waals surface area contributed by atoms with Gasteiger partial charge in [0.15, 0.2) is 5.43 Å². The van der Waals surface area contributed by atoms with Crippen molar-refractivity contribution in [1.29, 1.82) is 0 Å². The Balaban J connectivity index is 1.88. The summed E-state index contributed by atoms with van der Waals surface area (Å²) in [5.41, 5.74) is 2.58. The molecular formula is C20H14OS. The molecular weight excluding hydrogens is 288 g/mol. The van der Waals surface area contributed by atoms with E-state index in [1.165, 1.54) is 11.1 Å². The van der Waals surface area contributed by atoms with Gasteiger partial charge in [-0.05, 0) is 41.8 Å². The van der Waals surface area contributed by atoms with E-state index < -0.39 is 0 Å². The topological polar surface area (TPSA) is 17.1 Å². The van der Waals surface area contributed by atoms with Gasteiger partial charge in [-0.2, -0.15) is 0 Å². The normalized spacial score (nSPS) is 11.1. The zero-order valence-corrected chi connectivity index (χ0v) is 12.8. The van der Waals surface area contributed by atoms with Crippen LogP contribution in [0, 0.1) is 0 Å². The van der Waals surface area contributed by atoms with Crippen molar-refractivity contribution in [3.63, 3.8) is 0 Å². The fourth-order valence-corrected chi connectivity index (χ4v) is 3.84. The van der Waals surface area contributed by atoms with Crippen molar-refractivity contribution in [2.75, 3.05) is 0 Å². The van der Waals surface area contributed by atoms with Crippen LogP contribution in [0.15, 0.2) is 77.6 Å². The van der Waals surface area contributed by atoms with Crippen molar-refractivity contribution in [2.45, 2.75) is 6.42 Å². The van der Waals surface area contributed by atoms with Crippen LogP contribution in [-0.2, 0) is 6.42 Å². The molecule has 1 heterocycles. The Morgan fingerprint density at radius 3 is 2.27 bits per heavy atom. The van der Waals surface area contributed by atoms with Gasteiger partial charge in [-0.25, -0.2) is 0 Å². The summed E-state index contributed by atoms with van der Waals surface area (Å²) in [5.74, 6) is 0. The summed E-state index contributed by atoms with van der Waals surface area (Å²) in [6, 6.07) is 24.4. The molecule has 2 heteroatoms. The number of rotatable bonds is 2. The van der Waals surface area contributed by atoms with Gasteiger partial charge in [-0.3, -0.25) is 4.79 Å². The Morgan fingerprint density at radius 1 is 0.682 bits per heavy atom. The Bertz CT molecular complexity index is 1020. The summed E-state index contributed by atoms with van der Waals surface area (Å²) >= 11 is 1.68. The Labute approximate surface area is 132 Å². The van der Waals surface area contributed by atoms with Crippen LogP contribution < -0.4 is 5.43 Å². The van der Waals surface area contributed by atoms with Crippen LogP contribution in [0.5, 0.6) is 0 Å². The third-order valence-corrected chi connectivity index (χ3v) is 5.04. The minimum atomic E-state index is 0.138. The molecule has 22 heavy (non-hydrogen) atoms. The predicted octanol–water partition coefficient (Wildman–Crippen LogP) is 5.01. The molecule has 0 saturated carbocycles. The van der Waals surface area contributed by atoms with E-state index in [0.29, 0.717) is 0 Å². The second kappa shape index (κ2) is 5.39. The summed E-state index contributed by atoms with van der Waals surface area (Å²) in [5, 5.41) is 1.65. The molecule has 0 fully saturated rings. The predicted molar refractivity (Wildman–Crippen MR) is 94.8 cm³/mol. The molecule has 106 valence electrons. The van der Waals surface area contributed by atoms with Crippen LogP contribution >= 0.6 is 11.3 Å². The fraction of sp³-hybridized carbons (Fsp3) is 0.0500. The van der Waals surface area contributed by atoms with Crippen LogP contribution in [-0.4, -0.2) is 0 Å². The molecule has 0 saturated heterocycles. The van der Waals surface area contributed by atoms with Gasteiger partial charge in [0.1, 0.15) is 0 Å². The molecule has 0 aliphatic carbocycles. The Morgan fingerprint density at radius 2 is 1.41 bits per heavy atom. The van der Waals surface area contributed by atoms with Gasteiger partial charge >= 0.3 is 0 Å². The maximum absolute atomic E-state index is 12.7. The van der Waals surface area contributed by atoms with Crippen LogP contribution in [0.4, 0.5) is 0 Å². The van der Waals surface area contributed by atoms with Gasteiger partial charge in [0, 0.05) is 20.2 Å². The molecule has 1 aromatic heterocycles. The molecule has 3 aromatic carbocycles. The summed E-state index contributed by atoms with van der Waals surface area (Å²) in [6.45, 7) is 0. The lowest BCUT2D eigenvalue weighted by Gasteiger charge is -2.05. The highest BCUT2D eigenvalue weighted by Crippen LogP contribution is 2.25. The first-order valence-corrected chi connectivity index (χ1v) is 8.11. The average Bonchev–Trinajstić information content (AvgIpc) is 2.57. The van der Waals surface area contributed by atoms with Crippen molar-refractivity contribution >= 4 is 31.5 Å². The summed E-state index contributed by atoms with van der Waals surface area (Å²) < 4.78 is 2.11. The third kappa shape index (κ3) is 2.32. The minimum Gasteiger partial charge on any atom is -0.289 e. The van der Waals surface area contributed by atoms with Gasteiger partial charge in [0.2, 0.25) is 0 Å². The van der Waals surface area contributed by atoms with Crippen molar-refractivity contribution in [2.24, 2.45) is 0 Å². The molecule has 4 rings (SSSR count). The molecule has 0 N–H and O–H groups in total. The number of fused-ring (bicyclic) bond motifs is 2. The van der Waals surface area contributed by atoms with E-state index in [9.17, 15) is 4.79 Å². The largest absolute Gasteiger partial charge is 0.289 e. The van der Waals surface area contributed by atoms with Gasteiger partial charge in [0.05, 0.1) is 0 Å². The highest BCUT2D eigenvalue weighted by molar-refractivity contribution is 7.24. The monoisotopic (exact) mass is 302 g/mol. The maximum atomic E-state index is 12.7.